The number of rotatable bonds is 5. The van der Waals surface area contributed by atoms with Crippen molar-refractivity contribution in [3.63, 3.8) is 0 Å². The number of aromatic carboxylic acids is 1. The van der Waals surface area contributed by atoms with Gasteiger partial charge in [0.25, 0.3) is 11.8 Å². The van der Waals surface area contributed by atoms with Gasteiger partial charge >= 0.3 is 5.97 Å². The Kier molecular flexibility index (Phi) is 5.70. The van der Waals surface area contributed by atoms with Gasteiger partial charge in [-0.1, -0.05) is 30.3 Å². The van der Waals surface area contributed by atoms with Crippen LogP contribution in [0.3, 0.4) is 0 Å². The number of benzene rings is 3. The number of ether oxygens (including phenoxy) is 1. The number of carboxylic acid groups (broad SMARTS) is 1. The van der Waals surface area contributed by atoms with Gasteiger partial charge in [0, 0.05) is 5.56 Å². The lowest BCUT2D eigenvalue weighted by Crippen LogP contribution is -2.54. The van der Waals surface area contributed by atoms with Crippen LogP contribution in [0.25, 0.3) is 16.8 Å². The van der Waals surface area contributed by atoms with E-state index in [1.165, 1.54) is 35.2 Å². The molecule has 7 nitrogen and oxygen atoms in total. The van der Waals surface area contributed by atoms with Crippen LogP contribution in [0.1, 0.15) is 22.8 Å². The van der Waals surface area contributed by atoms with Gasteiger partial charge in [-0.15, -0.1) is 0 Å². The zero-order valence-electron chi connectivity index (χ0n) is 17.0. The van der Waals surface area contributed by atoms with Crippen molar-refractivity contribution in [2.24, 2.45) is 0 Å². The second-order valence-electron chi connectivity index (χ2n) is 6.94. The number of carbonyl (C=O) groups excluding carboxylic acids is 2. The van der Waals surface area contributed by atoms with Crippen LogP contribution >= 0.6 is 12.2 Å². The number of hydrogen-bond donors (Lipinski definition) is 2. The summed E-state index contributed by atoms with van der Waals surface area (Å²) in [5.41, 5.74) is 0.913. The van der Waals surface area contributed by atoms with Crippen LogP contribution in [0.15, 0.2) is 66.2 Å². The van der Waals surface area contributed by atoms with E-state index in [2.05, 4.69) is 5.32 Å². The molecule has 8 heteroatoms. The van der Waals surface area contributed by atoms with Crippen molar-refractivity contribution in [1.82, 2.24) is 5.32 Å². The van der Waals surface area contributed by atoms with Crippen LogP contribution in [0, 0.1) is 0 Å². The highest BCUT2D eigenvalue weighted by Crippen LogP contribution is 2.32. The molecule has 0 bridgehead atoms. The molecular weight excluding hydrogens is 428 g/mol. The largest absolute Gasteiger partial charge is 0.493 e. The summed E-state index contributed by atoms with van der Waals surface area (Å²) in [7, 11) is 0. The molecule has 2 N–H and O–H groups in total. The number of carboxylic acids is 1. The summed E-state index contributed by atoms with van der Waals surface area (Å²) in [5, 5.41) is 13.3. The lowest BCUT2D eigenvalue weighted by atomic mass is 9.99. The van der Waals surface area contributed by atoms with Crippen molar-refractivity contribution in [3.8, 4) is 5.75 Å². The van der Waals surface area contributed by atoms with E-state index in [0.29, 0.717) is 23.6 Å². The maximum absolute atomic E-state index is 13.3. The smallest absolute Gasteiger partial charge is 0.335 e. The van der Waals surface area contributed by atoms with E-state index in [1.807, 2.05) is 37.3 Å². The molecule has 0 radical (unpaired) electrons. The summed E-state index contributed by atoms with van der Waals surface area (Å²) in [6.07, 6.45) is 1.51. The van der Waals surface area contributed by atoms with Gasteiger partial charge in [0.15, 0.2) is 5.11 Å². The maximum Gasteiger partial charge on any atom is 0.335 e. The summed E-state index contributed by atoms with van der Waals surface area (Å²) in [5.74, 6) is -1.77. The SMILES string of the molecule is CCOc1ccc2ccccc2c1/C=C1\C(=O)NC(=S)N(c2ccc(C(=O)O)cc2)C1=O. The van der Waals surface area contributed by atoms with Gasteiger partial charge in [0.1, 0.15) is 11.3 Å². The Balaban J connectivity index is 1.82. The normalized spacial score (nSPS) is 15.2. The molecule has 0 unspecified atom stereocenters. The summed E-state index contributed by atoms with van der Waals surface area (Å²) in [6.45, 7) is 2.27. The minimum Gasteiger partial charge on any atom is -0.493 e. The Morgan fingerprint density at radius 1 is 1.09 bits per heavy atom. The summed E-state index contributed by atoms with van der Waals surface area (Å²) in [4.78, 5) is 38.3. The number of anilines is 1. The average molecular weight is 446 g/mol. The minimum absolute atomic E-state index is 0.0704. The van der Waals surface area contributed by atoms with E-state index >= 15 is 0 Å². The third-order valence-electron chi connectivity index (χ3n) is 4.99. The van der Waals surface area contributed by atoms with Gasteiger partial charge < -0.3 is 9.84 Å². The fourth-order valence-electron chi connectivity index (χ4n) is 3.50. The lowest BCUT2D eigenvalue weighted by molar-refractivity contribution is -0.122. The van der Waals surface area contributed by atoms with Crippen molar-refractivity contribution in [1.29, 1.82) is 0 Å². The molecule has 0 aromatic heterocycles. The molecule has 4 rings (SSSR count). The fraction of sp³-hybridized carbons (Fsp3) is 0.0833. The van der Waals surface area contributed by atoms with E-state index in [1.54, 1.807) is 6.07 Å². The number of hydrogen-bond acceptors (Lipinski definition) is 5. The molecule has 1 aliphatic rings. The summed E-state index contributed by atoms with van der Waals surface area (Å²) < 4.78 is 5.74. The first-order chi connectivity index (χ1) is 15.4. The quantitative estimate of drug-likeness (QED) is 0.352. The van der Waals surface area contributed by atoms with Crippen molar-refractivity contribution in [2.75, 3.05) is 11.5 Å². The summed E-state index contributed by atoms with van der Waals surface area (Å²) >= 11 is 5.21. The first kappa shape index (κ1) is 21.2. The van der Waals surface area contributed by atoms with Gasteiger partial charge in [-0.25, -0.2) is 4.79 Å². The molecule has 3 aromatic carbocycles. The van der Waals surface area contributed by atoms with Gasteiger partial charge in [0.2, 0.25) is 0 Å². The molecule has 0 aliphatic carbocycles. The zero-order chi connectivity index (χ0) is 22.8. The number of fused-ring (bicyclic) bond motifs is 1. The fourth-order valence-corrected chi connectivity index (χ4v) is 3.78. The van der Waals surface area contributed by atoms with Crippen LogP contribution in [0.4, 0.5) is 5.69 Å². The molecular formula is C24H18N2O5S. The highest BCUT2D eigenvalue weighted by Gasteiger charge is 2.35. The Morgan fingerprint density at radius 3 is 2.50 bits per heavy atom. The van der Waals surface area contributed by atoms with Gasteiger partial charge in [-0.2, -0.15) is 0 Å². The average Bonchev–Trinajstić information content (AvgIpc) is 2.78. The predicted molar refractivity (Wildman–Crippen MR) is 125 cm³/mol. The van der Waals surface area contributed by atoms with Gasteiger partial charge in [-0.3, -0.25) is 19.8 Å². The first-order valence-corrected chi connectivity index (χ1v) is 10.2. The van der Waals surface area contributed by atoms with Crippen LogP contribution in [0.2, 0.25) is 0 Å². The highest BCUT2D eigenvalue weighted by atomic mass is 32.1. The first-order valence-electron chi connectivity index (χ1n) is 9.80. The van der Waals surface area contributed by atoms with E-state index in [-0.39, 0.29) is 16.2 Å². The minimum atomic E-state index is -1.09. The number of carbonyl (C=O) groups is 3. The van der Waals surface area contributed by atoms with Gasteiger partial charge in [-0.05, 0) is 66.3 Å². The molecule has 2 amide bonds. The van der Waals surface area contributed by atoms with Crippen LogP contribution < -0.4 is 15.0 Å². The van der Waals surface area contributed by atoms with Crippen molar-refractivity contribution < 1.29 is 24.2 Å². The van der Waals surface area contributed by atoms with Crippen LogP contribution in [0.5, 0.6) is 5.75 Å². The predicted octanol–water partition coefficient (Wildman–Crippen LogP) is 3.77. The third-order valence-corrected chi connectivity index (χ3v) is 5.28. The molecule has 1 fully saturated rings. The number of nitrogens with one attached hydrogen (secondary N) is 1. The topological polar surface area (TPSA) is 95.9 Å². The molecule has 0 saturated carbocycles. The number of thiocarbonyl (C=S) groups is 1. The monoisotopic (exact) mass is 446 g/mol. The Labute approximate surface area is 188 Å². The zero-order valence-corrected chi connectivity index (χ0v) is 17.8. The lowest BCUT2D eigenvalue weighted by Gasteiger charge is -2.29. The molecule has 3 aromatic rings. The molecule has 160 valence electrons. The third kappa shape index (κ3) is 3.83. The Morgan fingerprint density at radius 2 is 1.81 bits per heavy atom. The van der Waals surface area contributed by atoms with Crippen molar-refractivity contribution >= 4 is 57.6 Å². The van der Waals surface area contributed by atoms with Crippen molar-refractivity contribution in [3.05, 3.63) is 77.4 Å². The second kappa shape index (κ2) is 8.60. The number of amides is 2. The van der Waals surface area contributed by atoms with E-state index in [9.17, 15) is 14.4 Å². The molecule has 1 saturated heterocycles. The Hall–Kier alpha value is -4.04. The summed E-state index contributed by atoms with van der Waals surface area (Å²) in [6, 6.07) is 17.0. The van der Waals surface area contributed by atoms with Crippen LogP contribution in [-0.4, -0.2) is 34.6 Å². The highest BCUT2D eigenvalue weighted by molar-refractivity contribution is 7.80. The molecule has 0 spiro atoms. The van der Waals surface area contributed by atoms with E-state index < -0.39 is 17.8 Å². The molecule has 1 aliphatic heterocycles. The molecule has 0 atom stereocenters. The Bertz CT molecular complexity index is 1300. The number of nitrogens with zero attached hydrogens (tertiary/aromatic N) is 1. The van der Waals surface area contributed by atoms with Gasteiger partial charge in [0.05, 0.1) is 17.9 Å². The van der Waals surface area contributed by atoms with Crippen LogP contribution in [-0.2, 0) is 9.59 Å². The molecule has 1 heterocycles. The second-order valence-corrected chi connectivity index (χ2v) is 7.33. The maximum atomic E-state index is 13.3. The van der Waals surface area contributed by atoms with Crippen molar-refractivity contribution in [2.45, 2.75) is 6.92 Å². The van der Waals surface area contributed by atoms with E-state index in [0.717, 1.165) is 10.8 Å². The van der Waals surface area contributed by atoms with E-state index in [4.69, 9.17) is 22.1 Å². The standard InChI is InChI=1S/C24H18N2O5S/c1-2-31-20-12-9-14-5-3-4-6-17(14)18(20)13-19-21(27)25-24(32)26(22(19)28)16-10-7-15(8-11-16)23(29)30/h3-13H,2H2,1H3,(H,29,30)(H,25,27,32)/b19-13+. The molecule has 32 heavy (non-hydrogen) atoms.